The number of anilines is 3. The molecule has 0 radical (unpaired) electrons. The van der Waals surface area contributed by atoms with E-state index in [9.17, 15) is 10.1 Å². The van der Waals surface area contributed by atoms with E-state index in [0.717, 1.165) is 5.69 Å². The summed E-state index contributed by atoms with van der Waals surface area (Å²) in [4.78, 5) is 22.5. The van der Waals surface area contributed by atoms with Crippen molar-refractivity contribution in [2.75, 3.05) is 37.9 Å². The van der Waals surface area contributed by atoms with Crippen molar-refractivity contribution < 1.29 is 19.2 Å². The number of fused-ring (bicyclic) bond motifs is 1. The molecular formula is C30H30ClN6O3+. The number of likely N-dealkylation sites (N-methyl/N-ethyl adjacent to an activating group) is 1. The third-order valence-electron chi connectivity index (χ3n) is 5.75. The van der Waals surface area contributed by atoms with Crippen molar-refractivity contribution in [3.8, 4) is 17.6 Å². The standard InChI is InChI=1S/C30H29ClN6O3/c1-4-39-28-16-25-23(15-26(28)36-29(38)9-7-13-37(2)3)30(20(17-32)18-34-25)35-21-10-11-27(24(31)14-21)40-19-22-8-5-6-12-33-22/h5-12,14-16,18H,4,13,19H2,1-3H3,(H,34,35)(H,36,38)/p+1/b9-7+. The Morgan fingerprint density at radius 3 is 2.67 bits per heavy atom. The number of pyridine rings is 2. The molecule has 0 unspecified atom stereocenters. The number of hydrogen-bond donors (Lipinski definition) is 3. The molecule has 2 heterocycles. The van der Waals surface area contributed by atoms with Crippen LogP contribution < -0.4 is 25.0 Å². The van der Waals surface area contributed by atoms with Crippen LogP contribution in [0.3, 0.4) is 0 Å². The first kappa shape index (κ1) is 28.4. The molecule has 0 aliphatic heterocycles. The zero-order valence-electron chi connectivity index (χ0n) is 22.5. The van der Waals surface area contributed by atoms with E-state index in [1.165, 1.54) is 17.2 Å². The minimum Gasteiger partial charge on any atom is -0.492 e. The first-order valence-electron chi connectivity index (χ1n) is 12.7. The van der Waals surface area contributed by atoms with Gasteiger partial charge in [-0.2, -0.15) is 5.26 Å². The number of hydrogen-bond acceptors (Lipinski definition) is 7. The van der Waals surface area contributed by atoms with Gasteiger partial charge in [-0.15, -0.1) is 0 Å². The molecule has 0 atom stereocenters. The summed E-state index contributed by atoms with van der Waals surface area (Å²) >= 11 is 6.52. The van der Waals surface area contributed by atoms with Crippen LogP contribution in [-0.2, 0) is 11.4 Å². The smallest absolute Gasteiger partial charge is 0.248 e. The number of carbonyl (C=O) groups is 1. The molecule has 204 valence electrons. The molecule has 10 heteroatoms. The number of ether oxygens (including phenoxy) is 2. The molecule has 0 fully saturated rings. The van der Waals surface area contributed by atoms with Gasteiger partial charge in [-0.05, 0) is 49.4 Å². The molecule has 0 saturated heterocycles. The van der Waals surface area contributed by atoms with Crippen LogP contribution in [-0.4, -0.2) is 43.1 Å². The second-order valence-electron chi connectivity index (χ2n) is 9.14. The first-order chi connectivity index (χ1) is 19.4. The second-order valence-corrected chi connectivity index (χ2v) is 9.55. The largest absolute Gasteiger partial charge is 0.492 e. The normalized spacial score (nSPS) is 11.0. The van der Waals surface area contributed by atoms with Gasteiger partial charge in [0.25, 0.3) is 0 Å². The lowest BCUT2D eigenvalue weighted by Gasteiger charge is -2.16. The lowest BCUT2D eigenvalue weighted by molar-refractivity contribution is -0.851. The summed E-state index contributed by atoms with van der Waals surface area (Å²) in [5.41, 5.74) is 3.35. The van der Waals surface area contributed by atoms with E-state index in [1.807, 2.05) is 51.4 Å². The molecule has 4 aromatic rings. The quantitative estimate of drug-likeness (QED) is 0.232. The fourth-order valence-corrected chi connectivity index (χ4v) is 4.10. The molecule has 2 aromatic heterocycles. The van der Waals surface area contributed by atoms with Crippen LogP contribution in [0.5, 0.6) is 11.5 Å². The summed E-state index contributed by atoms with van der Waals surface area (Å²) in [5, 5.41) is 17.1. The van der Waals surface area contributed by atoms with E-state index in [0.29, 0.717) is 63.2 Å². The highest BCUT2D eigenvalue weighted by Crippen LogP contribution is 2.37. The topological polar surface area (TPSA) is 114 Å². The van der Waals surface area contributed by atoms with E-state index < -0.39 is 0 Å². The van der Waals surface area contributed by atoms with Crippen molar-refractivity contribution >= 4 is 45.5 Å². The van der Waals surface area contributed by atoms with Crippen molar-refractivity contribution in [2.24, 2.45) is 0 Å². The van der Waals surface area contributed by atoms with Crippen molar-refractivity contribution in [3.63, 3.8) is 0 Å². The Hall–Kier alpha value is -4.65. The number of halogens is 1. The molecule has 0 bridgehead atoms. The van der Waals surface area contributed by atoms with Crippen molar-refractivity contribution in [2.45, 2.75) is 13.5 Å². The van der Waals surface area contributed by atoms with Crippen LogP contribution in [0.25, 0.3) is 10.9 Å². The number of nitrogens with one attached hydrogen (secondary N) is 3. The summed E-state index contributed by atoms with van der Waals surface area (Å²) in [6.07, 6.45) is 6.50. The maximum Gasteiger partial charge on any atom is 0.248 e. The monoisotopic (exact) mass is 557 g/mol. The van der Waals surface area contributed by atoms with Crippen LogP contribution in [0.4, 0.5) is 17.1 Å². The van der Waals surface area contributed by atoms with Gasteiger partial charge in [-0.3, -0.25) is 14.8 Å². The van der Waals surface area contributed by atoms with Crippen LogP contribution in [0.1, 0.15) is 18.2 Å². The van der Waals surface area contributed by atoms with Crippen LogP contribution in [0.2, 0.25) is 5.02 Å². The average Bonchev–Trinajstić information content (AvgIpc) is 2.94. The number of amides is 1. The Kier molecular flexibility index (Phi) is 9.52. The van der Waals surface area contributed by atoms with Crippen LogP contribution in [0, 0.1) is 11.3 Å². The number of carbonyl (C=O) groups excluding carboxylic acids is 1. The molecule has 2 aromatic carbocycles. The lowest BCUT2D eigenvalue weighted by atomic mass is 10.1. The molecule has 0 saturated carbocycles. The van der Waals surface area contributed by atoms with Crippen molar-refractivity contribution in [1.29, 1.82) is 5.26 Å². The highest BCUT2D eigenvalue weighted by molar-refractivity contribution is 6.32. The number of rotatable bonds is 11. The average molecular weight is 558 g/mol. The summed E-state index contributed by atoms with van der Waals surface area (Å²) in [6.45, 7) is 3.26. The van der Waals surface area contributed by atoms with E-state index in [2.05, 4.69) is 26.7 Å². The molecule has 3 N–H and O–H groups in total. The van der Waals surface area contributed by atoms with E-state index in [1.54, 1.807) is 30.5 Å². The predicted octanol–water partition coefficient (Wildman–Crippen LogP) is 4.52. The highest BCUT2D eigenvalue weighted by atomic mass is 35.5. The molecule has 1 amide bonds. The van der Waals surface area contributed by atoms with Crippen LogP contribution in [0.15, 0.2) is 73.1 Å². The molecule has 0 aliphatic carbocycles. The van der Waals surface area contributed by atoms with Gasteiger partial charge < -0.3 is 25.0 Å². The summed E-state index contributed by atoms with van der Waals surface area (Å²) in [7, 11) is 4.01. The Bertz CT molecular complexity index is 1570. The van der Waals surface area contributed by atoms with E-state index >= 15 is 0 Å². The minimum atomic E-state index is -0.284. The number of nitriles is 1. The van der Waals surface area contributed by atoms with Crippen LogP contribution >= 0.6 is 11.6 Å². The Balaban J connectivity index is 1.64. The Labute approximate surface area is 238 Å². The van der Waals surface area contributed by atoms with Gasteiger partial charge in [0.15, 0.2) is 0 Å². The van der Waals surface area contributed by atoms with Gasteiger partial charge >= 0.3 is 0 Å². The predicted molar refractivity (Wildman–Crippen MR) is 156 cm³/mol. The maximum atomic E-state index is 12.6. The summed E-state index contributed by atoms with van der Waals surface area (Å²) in [5.74, 6) is 0.706. The third kappa shape index (κ3) is 7.26. The van der Waals surface area contributed by atoms with Crippen molar-refractivity contribution in [1.82, 2.24) is 9.97 Å². The summed E-state index contributed by atoms with van der Waals surface area (Å²) in [6, 6.07) is 16.6. The molecule has 0 aliphatic rings. The zero-order chi connectivity index (χ0) is 28.5. The number of benzene rings is 2. The number of nitrogens with zero attached hydrogens (tertiary/aromatic N) is 3. The third-order valence-corrected chi connectivity index (χ3v) is 6.04. The molecule has 40 heavy (non-hydrogen) atoms. The van der Waals surface area contributed by atoms with Gasteiger partial charge in [0.2, 0.25) is 5.91 Å². The van der Waals surface area contributed by atoms with Gasteiger partial charge in [0.1, 0.15) is 24.2 Å². The SMILES string of the molecule is CCOc1cc2ncc(C#N)c(Nc3ccc(OCc4ccccn4)c(Cl)c3)c2cc1NC(=O)/C=C/C[NH+](C)C. The first-order valence-corrected chi connectivity index (χ1v) is 13.1. The molecule has 9 nitrogen and oxygen atoms in total. The number of aromatic nitrogens is 2. The van der Waals surface area contributed by atoms with Crippen molar-refractivity contribution in [3.05, 3.63) is 89.4 Å². The number of quaternary nitrogens is 1. The molecule has 4 rings (SSSR count). The molecular weight excluding hydrogens is 528 g/mol. The van der Waals surface area contributed by atoms with Gasteiger partial charge in [-0.25, -0.2) is 0 Å². The Morgan fingerprint density at radius 1 is 1.12 bits per heavy atom. The van der Waals surface area contributed by atoms with E-state index in [4.69, 9.17) is 21.1 Å². The van der Waals surface area contributed by atoms with Gasteiger partial charge in [-0.1, -0.05) is 17.7 Å². The summed E-state index contributed by atoms with van der Waals surface area (Å²) < 4.78 is 11.6. The van der Waals surface area contributed by atoms with E-state index in [-0.39, 0.29) is 12.5 Å². The fourth-order valence-electron chi connectivity index (χ4n) is 3.86. The van der Waals surface area contributed by atoms with Gasteiger partial charge in [0, 0.05) is 35.6 Å². The zero-order valence-corrected chi connectivity index (χ0v) is 23.2. The molecule has 0 spiro atoms. The highest BCUT2D eigenvalue weighted by Gasteiger charge is 2.16. The second kappa shape index (κ2) is 13.4. The Morgan fingerprint density at radius 2 is 1.98 bits per heavy atom. The van der Waals surface area contributed by atoms with Gasteiger partial charge in [0.05, 0.1) is 60.4 Å². The maximum absolute atomic E-state index is 12.6. The fraction of sp³-hybridized carbons (Fsp3) is 0.200. The lowest BCUT2D eigenvalue weighted by Crippen LogP contribution is -3.05. The minimum absolute atomic E-state index is 0.281.